The van der Waals surface area contributed by atoms with Gasteiger partial charge < -0.3 is 14.2 Å². The normalized spacial score (nSPS) is 17.0. The van der Waals surface area contributed by atoms with Crippen molar-refractivity contribution in [1.29, 1.82) is 0 Å². The third kappa shape index (κ3) is 14.6. The third-order valence-electron chi connectivity index (χ3n) is 9.05. The smallest absolute Gasteiger partial charge is 0.344 e. The molecule has 0 spiro atoms. The van der Waals surface area contributed by atoms with Crippen molar-refractivity contribution in [1.82, 2.24) is 0 Å². The van der Waals surface area contributed by atoms with Crippen LogP contribution in [0.5, 0.6) is 11.5 Å². The Bertz CT molecular complexity index is 1150. The molecule has 0 saturated heterocycles. The summed E-state index contributed by atoms with van der Waals surface area (Å²) in [5, 5.41) is 0. The molecule has 1 aliphatic rings. The van der Waals surface area contributed by atoms with E-state index in [2.05, 4.69) is 22.9 Å². The van der Waals surface area contributed by atoms with Gasteiger partial charge in [-0.1, -0.05) is 96.6 Å². The van der Waals surface area contributed by atoms with E-state index in [-0.39, 0.29) is 12.5 Å². The minimum Gasteiger partial charge on any atom is -0.494 e. The van der Waals surface area contributed by atoms with Crippen molar-refractivity contribution in [3.8, 4) is 11.5 Å². The molecule has 2 aromatic carbocycles. The van der Waals surface area contributed by atoms with Crippen LogP contribution in [0.3, 0.4) is 0 Å². The fraction of sp³-hybridized carbons (Fsp3) is 0.641. The number of unbranched alkanes of at least 4 members (excludes halogenated alkanes) is 10. The van der Waals surface area contributed by atoms with Crippen LogP contribution in [0.1, 0.15) is 145 Å². The zero-order chi connectivity index (χ0) is 33.0. The van der Waals surface area contributed by atoms with E-state index in [1.807, 2.05) is 43.3 Å². The lowest BCUT2D eigenvalue weighted by Crippen LogP contribution is -2.29. The molecule has 0 aromatic heterocycles. The predicted octanol–water partition coefficient (Wildman–Crippen LogP) is 11.5. The monoisotopic (exact) mass is 702 g/mol. The summed E-state index contributed by atoms with van der Waals surface area (Å²) in [6.07, 6.45) is 18.6. The van der Waals surface area contributed by atoms with Gasteiger partial charge in [-0.3, -0.25) is 0 Å². The number of ether oxygens (including phenoxy) is 3. The van der Waals surface area contributed by atoms with E-state index in [0.29, 0.717) is 34.7 Å². The van der Waals surface area contributed by atoms with Crippen LogP contribution >= 0.6 is 15.9 Å². The summed E-state index contributed by atoms with van der Waals surface area (Å²) < 4.78 is 31.6. The first-order valence-electron chi connectivity index (χ1n) is 18.0. The maximum Gasteiger partial charge on any atom is 0.344 e. The molecule has 256 valence electrons. The first-order chi connectivity index (χ1) is 22.4. The Hall–Kier alpha value is -2.41. The van der Waals surface area contributed by atoms with Gasteiger partial charge in [-0.2, -0.15) is 0 Å². The topological polar surface area (TPSA) is 61.8 Å². The molecule has 2 aromatic rings. The number of alkyl halides is 1. The maximum absolute atomic E-state index is 13.9. The molecule has 5 nitrogen and oxygen atoms in total. The van der Waals surface area contributed by atoms with Crippen molar-refractivity contribution < 1.29 is 28.2 Å². The van der Waals surface area contributed by atoms with Crippen molar-refractivity contribution in [2.24, 2.45) is 5.92 Å². The number of rotatable bonds is 22. The highest BCUT2D eigenvalue weighted by Crippen LogP contribution is 2.31. The van der Waals surface area contributed by atoms with Crippen LogP contribution in [0.4, 0.5) is 4.39 Å². The Kier molecular flexibility index (Phi) is 18.4. The van der Waals surface area contributed by atoms with Gasteiger partial charge in [0.05, 0.1) is 12.2 Å². The number of halogens is 2. The molecule has 0 aliphatic heterocycles. The zero-order valence-corrected chi connectivity index (χ0v) is 29.8. The number of benzene rings is 2. The summed E-state index contributed by atoms with van der Waals surface area (Å²) in [6, 6.07) is 13.1. The highest BCUT2D eigenvalue weighted by atomic mass is 79.9. The third-order valence-corrected chi connectivity index (χ3v) is 9.70. The van der Waals surface area contributed by atoms with Gasteiger partial charge in [0, 0.05) is 4.47 Å². The molecule has 0 N–H and O–H groups in total. The molecular formula is C39H56BrFO5. The second-order valence-electron chi connectivity index (χ2n) is 12.9. The van der Waals surface area contributed by atoms with E-state index in [1.165, 1.54) is 63.4 Å². The molecule has 1 atom stereocenters. The second-order valence-corrected chi connectivity index (χ2v) is 13.8. The molecule has 0 radical (unpaired) electrons. The summed E-state index contributed by atoms with van der Waals surface area (Å²) in [5.41, 5.74) is 1.65. The molecule has 1 fully saturated rings. The van der Waals surface area contributed by atoms with Crippen molar-refractivity contribution in [2.75, 3.05) is 6.61 Å². The van der Waals surface area contributed by atoms with E-state index in [1.54, 1.807) is 6.07 Å². The Morgan fingerprint density at radius 1 is 0.804 bits per heavy atom. The summed E-state index contributed by atoms with van der Waals surface area (Å²) in [4.78, 5) is 24.8. The SMILES string of the molecule is CCCCCCCCCCCCOc1ccc(C(=O)Oc2ccc(CCC3CCC(OC(=O)[C@H](F)CCCC)CC3)cc2)c(Br)c1. The van der Waals surface area contributed by atoms with Crippen LogP contribution < -0.4 is 9.47 Å². The second kappa shape index (κ2) is 22.2. The van der Waals surface area contributed by atoms with E-state index in [9.17, 15) is 14.0 Å². The number of esters is 2. The standard InChI is InChI=1S/C39H56BrFO5/c1-3-5-7-8-9-10-11-12-13-14-28-44-34-26-27-35(36(40)29-34)38(42)45-32-22-18-30(19-23-32)16-17-31-20-24-33(25-21-31)46-39(43)37(41)15-6-4-2/h18-19,22-23,26-27,29,31,33,37H,3-17,20-21,24-25,28H2,1-2H3/t31?,33?,37-/m1/s1. The minimum absolute atomic E-state index is 0.157. The van der Waals surface area contributed by atoms with Crippen molar-refractivity contribution >= 4 is 27.9 Å². The molecule has 0 heterocycles. The van der Waals surface area contributed by atoms with E-state index in [4.69, 9.17) is 14.2 Å². The van der Waals surface area contributed by atoms with Gasteiger partial charge >= 0.3 is 11.9 Å². The highest BCUT2D eigenvalue weighted by Gasteiger charge is 2.27. The first-order valence-corrected chi connectivity index (χ1v) is 18.8. The minimum atomic E-state index is -1.49. The molecule has 0 unspecified atom stereocenters. The van der Waals surface area contributed by atoms with Crippen LogP contribution in [-0.4, -0.2) is 30.8 Å². The Balaban J connectivity index is 1.30. The lowest BCUT2D eigenvalue weighted by atomic mass is 9.83. The molecule has 46 heavy (non-hydrogen) atoms. The lowest BCUT2D eigenvalue weighted by molar-refractivity contribution is -0.157. The molecule has 0 amide bonds. The summed E-state index contributed by atoms with van der Waals surface area (Å²) in [5.74, 6) is 0.713. The van der Waals surface area contributed by atoms with Crippen LogP contribution in [0.15, 0.2) is 46.9 Å². The van der Waals surface area contributed by atoms with Crippen molar-refractivity contribution in [3.05, 3.63) is 58.1 Å². The van der Waals surface area contributed by atoms with Gasteiger partial charge in [0.1, 0.15) is 17.6 Å². The zero-order valence-electron chi connectivity index (χ0n) is 28.2. The van der Waals surface area contributed by atoms with Crippen LogP contribution in [0.2, 0.25) is 0 Å². The van der Waals surface area contributed by atoms with Gasteiger partial charge in [-0.25, -0.2) is 14.0 Å². The first kappa shape index (κ1) is 38.0. The summed E-state index contributed by atoms with van der Waals surface area (Å²) in [6.45, 7) is 4.92. The largest absolute Gasteiger partial charge is 0.494 e. The van der Waals surface area contributed by atoms with Crippen molar-refractivity contribution in [2.45, 2.75) is 148 Å². The van der Waals surface area contributed by atoms with E-state index < -0.39 is 18.1 Å². The molecule has 7 heteroatoms. The number of hydrogen-bond donors (Lipinski definition) is 0. The van der Waals surface area contributed by atoms with Gasteiger partial charge in [-0.05, 0) is 109 Å². The Morgan fingerprint density at radius 3 is 2.04 bits per heavy atom. The molecular weight excluding hydrogens is 647 g/mol. The lowest BCUT2D eigenvalue weighted by Gasteiger charge is -2.28. The highest BCUT2D eigenvalue weighted by molar-refractivity contribution is 9.10. The Morgan fingerprint density at radius 2 is 1.41 bits per heavy atom. The number of hydrogen-bond acceptors (Lipinski definition) is 5. The quantitative estimate of drug-likeness (QED) is 0.0694. The van der Waals surface area contributed by atoms with Crippen LogP contribution in [0.25, 0.3) is 0 Å². The van der Waals surface area contributed by atoms with E-state index in [0.717, 1.165) is 57.1 Å². The molecule has 0 bridgehead atoms. The number of carbonyl (C=O) groups is 2. The molecule has 3 rings (SSSR count). The summed E-state index contributed by atoms with van der Waals surface area (Å²) >= 11 is 3.51. The average molecular weight is 704 g/mol. The molecule has 1 saturated carbocycles. The van der Waals surface area contributed by atoms with Gasteiger partial charge in [-0.15, -0.1) is 0 Å². The Labute approximate surface area is 285 Å². The van der Waals surface area contributed by atoms with Gasteiger partial charge in [0.15, 0.2) is 6.17 Å². The van der Waals surface area contributed by atoms with Crippen LogP contribution in [0, 0.1) is 5.92 Å². The molecule has 1 aliphatic carbocycles. The average Bonchev–Trinajstić information content (AvgIpc) is 3.06. The fourth-order valence-corrected chi connectivity index (χ4v) is 6.58. The van der Waals surface area contributed by atoms with E-state index >= 15 is 0 Å². The van der Waals surface area contributed by atoms with Crippen molar-refractivity contribution in [3.63, 3.8) is 0 Å². The van der Waals surface area contributed by atoms with Gasteiger partial charge in [0.2, 0.25) is 0 Å². The number of carbonyl (C=O) groups excluding carboxylic acids is 2. The number of aryl methyl sites for hydroxylation is 1. The van der Waals surface area contributed by atoms with Gasteiger partial charge in [0.25, 0.3) is 0 Å². The fourth-order valence-electron chi connectivity index (χ4n) is 6.07. The van der Waals surface area contributed by atoms with Crippen LogP contribution in [-0.2, 0) is 16.0 Å². The maximum atomic E-state index is 13.9. The summed E-state index contributed by atoms with van der Waals surface area (Å²) in [7, 11) is 0. The predicted molar refractivity (Wildman–Crippen MR) is 187 cm³/mol.